The number of ketones is 1. The molecule has 0 amide bonds. The minimum absolute atomic E-state index is 0.0458. The van der Waals surface area contributed by atoms with Gasteiger partial charge < -0.3 is 14.2 Å². The van der Waals surface area contributed by atoms with Gasteiger partial charge in [0.05, 0.1) is 5.56 Å². The standard InChI is InChI=1S/C25H14F6O5/c1-10-7-14(9-15-17(10)23(32)16(36-15)8-12-3-5-13(26)6-4-12)35-25(33)11(2)34-24-21(30)19(28)18(27)20(29)22(24)31/h3-9,11H,1-2H3/b16-8-. The molecule has 186 valence electrons. The van der Waals surface area contributed by atoms with Gasteiger partial charge in [-0.05, 0) is 49.2 Å². The minimum Gasteiger partial charge on any atom is -0.473 e. The normalized spacial score (nSPS) is 14.4. The van der Waals surface area contributed by atoms with Crippen molar-refractivity contribution in [3.8, 4) is 17.2 Å². The SMILES string of the molecule is Cc1cc(OC(=O)C(C)Oc2c(F)c(F)c(F)c(F)c2F)cc2c1C(=O)/C(=C/c1ccc(F)cc1)O2. The summed E-state index contributed by atoms with van der Waals surface area (Å²) in [5.41, 5.74) is 1.04. The number of carbonyl (C=O) groups excluding carboxylic acids is 2. The fourth-order valence-electron chi connectivity index (χ4n) is 3.36. The average molecular weight is 508 g/mol. The van der Waals surface area contributed by atoms with Crippen molar-refractivity contribution in [2.75, 3.05) is 0 Å². The Morgan fingerprint density at radius 3 is 2.11 bits per heavy atom. The lowest BCUT2D eigenvalue weighted by Crippen LogP contribution is -2.29. The first-order chi connectivity index (χ1) is 17.0. The molecule has 11 heteroatoms. The van der Waals surface area contributed by atoms with Crippen LogP contribution in [0.25, 0.3) is 6.08 Å². The highest BCUT2D eigenvalue weighted by molar-refractivity contribution is 6.15. The molecule has 1 aliphatic heterocycles. The van der Waals surface area contributed by atoms with Crippen LogP contribution < -0.4 is 14.2 Å². The fraction of sp³-hybridized carbons (Fsp3) is 0.120. The molecule has 1 aliphatic rings. The number of aryl methyl sites for hydroxylation is 1. The van der Waals surface area contributed by atoms with Crippen molar-refractivity contribution in [2.45, 2.75) is 20.0 Å². The molecule has 1 heterocycles. The van der Waals surface area contributed by atoms with Crippen LogP contribution in [-0.4, -0.2) is 17.9 Å². The highest BCUT2D eigenvalue weighted by atomic mass is 19.2. The van der Waals surface area contributed by atoms with Gasteiger partial charge in [-0.25, -0.2) is 22.4 Å². The van der Waals surface area contributed by atoms with Crippen molar-refractivity contribution in [3.63, 3.8) is 0 Å². The number of carbonyl (C=O) groups is 2. The first-order valence-corrected chi connectivity index (χ1v) is 10.2. The van der Waals surface area contributed by atoms with Crippen LogP contribution >= 0.6 is 0 Å². The Bertz CT molecular complexity index is 1400. The second kappa shape index (κ2) is 9.40. The minimum atomic E-state index is -2.37. The van der Waals surface area contributed by atoms with Crippen LogP contribution in [0.1, 0.15) is 28.4 Å². The number of allylic oxidation sites excluding steroid dienone is 1. The van der Waals surface area contributed by atoms with E-state index in [-0.39, 0.29) is 22.8 Å². The topological polar surface area (TPSA) is 61.8 Å². The van der Waals surface area contributed by atoms with Crippen molar-refractivity contribution < 1.29 is 50.1 Å². The molecule has 1 atom stereocenters. The van der Waals surface area contributed by atoms with E-state index in [1.165, 1.54) is 49.4 Å². The molecule has 0 aromatic heterocycles. The molecule has 0 spiro atoms. The van der Waals surface area contributed by atoms with Crippen molar-refractivity contribution in [1.29, 1.82) is 0 Å². The number of esters is 1. The Kier molecular flexibility index (Phi) is 6.49. The number of hydrogen-bond acceptors (Lipinski definition) is 5. The van der Waals surface area contributed by atoms with Crippen LogP contribution in [0.3, 0.4) is 0 Å². The molecule has 0 bridgehead atoms. The lowest BCUT2D eigenvalue weighted by atomic mass is 10.0. The fourth-order valence-corrected chi connectivity index (χ4v) is 3.36. The third kappa shape index (κ3) is 4.51. The molecule has 36 heavy (non-hydrogen) atoms. The molecule has 0 saturated heterocycles. The van der Waals surface area contributed by atoms with Crippen LogP contribution in [0.2, 0.25) is 0 Å². The smallest absolute Gasteiger partial charge is 0.352 e. The number of hydrogen-bond donors (Lipinski definition) is 0. The summed E-state index contributed by atoms with van der Waals surface area (Å²) in [6, 6.07) is 7.80. The number of Topliss-reactive ketones (excluding diaryl/α,β-unsaturated/α-hetero) is 1. The van der Waals surface area contributed by atoms with Crippen molar-refractivity contribution >= 4 is 17.8 Å². The summed E-state index contributed by atoms with van der Waals surface area (Å²) < 4.78 is 96.0. The van der Waals surface area contributed by atoms with Crippen molar-refractivity contribution in [3.05, 3.63) is 93.8 Å². The monoisotopic (exact) mass is 508 g/mol. The van der Waals surface area contributed by atoms with Crippen LogP contribution in [-0.2, 0) is 4.79 Å². The molecule has 0 aliphatic carbocycles. The highest BCUT2D eigenvalue weighted by Crippen LogP contribution is 2.38. The van der Waals surface area contributed by atoms with E-state index < -0.39 is 58.5 Å². The number of ether oxygens (including phenoxy) is 3. The number of benzene rings is 3. The zero-order valence-electron chi connectivity index (χ0n) is 18.4. The summed E-state index contributed by atoms with van der Waals surface area (Å²) in [7, 11) is 0. The average Bonchev–Trinajstić information content (AvgIpc) is 3.15. The summed E-state index contributed by atoms with van der Waals surface area (Å²) >= 11 is 0. The maximum atomic E-state index is 13.8. The zero-order valence-corrected chi connectivity index (χ0v) is 18.4. The van der Waals surface area contributed by atoms with E-state index in [9.17, 15) is 35.9 Å². The maximum Gasteiger partial charge on any atom is 0.352 e. The van der Waals surface area contributed by atoms with Gasteiger partial charge in [-0.3, -0.25) is 4.79 Å². The first kappa shape index (κ1) is 24.8. The molecule has 0 saturated carbocycles. The molecule has 0 radical (unpaired) electrons. The quantitative estimate of drug-likeness (QED) is 0.109. The zero-order chi connectivity index (χ0) is 26.3. The molecular weight excluding hydrogens is 494 g/mol. The van der Waals surface area contributed by atoms with Gasteiger partial charge >= 0.3 is 5.97 Å². The Morgan fingerprint density at radius 1 is 0.917 bits per heavy atom. The van der Waals surface area contributed by atoms with Gasteiger partial charge in [0.2, 0.25) is 34.9 Å². The van der Waals surface area contributed by atoms with Crippen LogP contribution in [0.15, 0.2) is 42.2 Å². The predicted octanol–water partition coefficient (Wildman–Crippen LogP) is 5.82. The lowest BCUT2D eigenvalue weighted by molar-refractivity contribution is -0.141. The summed E-state index contributed by atoms with van der Waals surface area (Å²) in [4.78, 5) is 25.1. The molecule has 3 aromatic rings. The van der Waals surface area contributed by atoms with Gasteiger partial charge in [0, 0.05) is 6.07 Å². The summed E-state index contributed by atoms with van der Waals surface area (Å²) in [5, 5.41) is 0. The molecule has 5 nitrogen and oxygen atoms in total. The second-order valence-electron chi connectivity index (χ2n) is 7.68. The second-order valence-corrected chi connectivity index (χ2v) is 7.68. The van der Waals surface area contributed by atoms with Gasteiger partial charge in [-0.15, -0.1) is 0 Å². The molecule has 3 aromatic carbocycles. The number of halogens is 6. The molecule has 1 unspecified atom stereocenters. The van der Waals surface area contributed by atoms with E-state index in [1.807, 2.05) is 0 Å². The third-order valence-corrected chi connectivity index (χ3v) is 5.13. The highest BCUT2D eigenvalue weighted by Gasteiger charge is 2.32. The predicted molar refractivity (Wildman–Crippen MR) is 112 cm³/mol. The van der Waals surface area contributed by atoms with Crippen molar-refractivity contribution in [1.82, 2.24) is 0 Å². The number of fused-ring (bicyclic) bond motifs is 1. The summed E-state index contributed by atoms with van der Waals surface area (Å²) in [6.07, 6.45) is -0.393. The van der Waals surface area contributed by atoms with Crippen LogP contribution in [0.4, 0.5) is 26.3 Å². The van der Waals surface area contributed by atoms with Gasteiger partial charge in [-0.1, -0.05) is 12.1 Å². The van der Waals surface area contributed by atoms with E-state index in [1.54, 1.807) is 0 Å². The molecule has 4 rings (SSSR count). The van der Waals surface area contributed by atoms with E-state index in [2.05, 4.69) is 4.74 Å². The Morgan fingerprint density at radius 2 is 1.50 bits per heavy atom. The van der Waals surface area contributed by atoms with Gasteiger partial charge in [0.15, 0.2) is 17.6 Å². The van der Waals surface area contributed by atoms with E-state index in [0.29, 0.717) is 11.1 Å². The van der Waals surface area contributed by atoms with Crippen molar-refractivity contribution in [2.24, 2.45) is 0 Å². The van der Waals surface area contributed by atoms with E-state index >= 15 is 0 Å². The van der Waals surface area contributed by atoms with E-state index in [0.717, 1.165) is 6.92 Å². The lowest BCUT2D eigenvalue weighted by Gasteiger charge is -2.16. The summed E-state index contributed by atoms with van der Waals surface area (Å²) in [5.74, 6) is -15.3. The molecule has 0 N–H and O–H groups in total. The molecular formula is C25H14F6O5. The van der Waals surface area contributed by atoms with Gasteiger partial charge in [-0.2, -0.15) is 8.78 Å². The first-order valence-electron chi connectivity index (χ1n) is 10.2. The summed E-state index contributed by atoms with van der Waals surface area (Å²) in [6.45, 7) is 2.51. The molecule has 0 fully saturated rings. The Labute approximate surface area is 199 Å². The Hall–Kier alpha value is -4.28. The Balaban J connectivity index is 1.53. The largest absolute Gasteiger partial charge is 0.473 e. The van der Waals surface area contributed by atoms with E-state index in [4.69, 9.17) is 9.47 Å². The van der Waals surface area contributed by atoms with Crippen LogP contribution in [0.5, 0.6) is 17.2 Å². The number of rotatable bonds is 5. The maximum absolute atomic E-state index is 13.8. The van der Waals surface area contributed by atoms with Gasteiger partial charge in [0.1, 0.15) is 17.3 Å². The third-order valence-electron chi connectivity index (χ3n) is 5.13. The van der Waals surface area contributed by atoms with Gasteiger partial charge in [0.25, 0.3) is 0 Å². The van der Waals surface area contributed by atoms with Crippen LogP contribution in [0, 0.1) is 41.8 Å².